The van der Waals surface area contributed by atoms with E-state index in [1.165, 1.54) is 0 Å². The molecule has 146 valence electrons. The summed E-state index contributed by atoms with van der Waals surface area (Å²) in [5.74, 6) is 1.89. The average molecular weight is 372 g/mol. The molecular formula is C21H28N2O4. The zero-order chi connectivity index (χ0) is 19.8. The number of nitrogens with one attached hydrogen (secondary N) is 2. The third kappa shape index (κ3) is 5.62. The van der Waals surface area contributed by atoms with Crippen LogP contribution in [-0.2, 0) is 4.79 Å². The van der Waals surface area contributed by atoms with Crippen molar-refractivity contribution in [1.29, 1.82) is 0 Å². The van der Waals surface area contributed by atoms with Crippen molar-refractivity contribution in [2.24, 2.45) is 0 Å². The van der Waals surface area contributed by atoms with Crippen LogP contribution in [-0.4, -0.2) is 32.8 Å². The summed E-state index contributed by atoms with van der Waals surface area (Å²) in [6.07, 6.45) is 0. The number of anilines is 1. The molecule has 2 unspecified atom stereocenters. The number of carbonyl (C=O) groups is 1. The molecular weight excluding hydrogens is 344 g/mol. The standard InChI is InChI=1S/C21H28N2O4/c1-6-27-18-9-7-8-16(12-18)14(2)22-15(3)21(24)23-19-13-17(25-4)10-11-20(19)26-5/h7-15,22H,6H2,1-5H3,(H,23,24). The lowest BCUT2D eigenvalue weighted by molar-refractivity contribution is -0.117. The number of amides is 1. The van der Waals surface area contributed by atoms with Crippen LogP contribution in [0, 0.1) is 0 Å². The summed E-state index contributed by atoms with van der Waals surface area (Å²) in [4.78, 5) is 12.6. The first-order valence-corrected chi connectivity index (χ1v) is 9.00. The van der Waals surface area contributed by atoms with Crippen molar-refractivity contribution in [3.8, 4) is 17.2 Å². The van der Waals surface area contributed by atoms with Gasteiger partial charge in [0.1, 0.15) is 17.2 Å². The zero-order valence-electron chi connectivity index (χ0n) is 16.5. The zero-order valence-corrected chi connectivity index (χ0v) is 16.5. The maximum Gasteiger partial charge on any atom is 0.241 e. The molecule has 27 heavy (non-hydrogen) atoms. The Bertz CT molecular complexity index is 764. The van der Waals surface area contributed by atoms with Crippen molar-refractivity contribution in [2.45, 2.75) is 32.9 Å². The molecule has 0 saturated heterocycles. The molecule has 2 rings (SSSR count). The maximum absolute atomic E-state index is 12.6. The van der Waals surface area contributed by atoms with Crippen LogP contribution in [0.4, 0.5) is 5.69 Å². The molecule has 0 saturated carbocycles. The smallest absolute Gasteiger partial charge is 0.241 e. The first-order chi connectivity index (χ1) is 13.0. The minimum absolute atomic E-state index is 0.0154. The third-order valence-corrected chi connectivity index (χ3v) is 4.23. The largest absolute Gasteiger partial charge is 0.497 e. The fourth-order valence-electron chi connectivity index (χ4n) is 2.74. The summed E-state index contributed by atoms with van der Waals surface area (Å²) in [5, 5.41) is 6.21. The van der Waals surface area contributed by atoms with E-state index in [0.717, 1.165) is 11.3 Å². The molecule has 2 atom stereocenters. The summed E-state index contributed by atoms with van der Waals surface area (Å²) >= 11 is 0. The molecule has 0 aliphatic heterocycles. The summed E-state index contributed by atoms with van der Waals surface area (Å²) in [6, 6.07) is 12.7. The van der Waals surface area contributed by atoms with E-state index in [2.05, 4.69) is 10.6 Å². The van der Waals surface area contributed by atoms with Crippen LogP contribution in [0.5, 0.6) is 17.2 Å². The summed E-state index contributed by atoms with van der Waals surface area (Å²) < 4.78 is 16.1. The Kier molecular flexibility index (Phi) is 7.49. The molecule has 0 bridgehead atoms. The van der Waals surface area contributed by atoms with Crippen molar-refractivity contribution >= 4 is 11.6 Å². The number of rotatable bonds is 9. The quantitative estimate of drug-likeness (QED) is 0.701. The van der Waals surface area contributed by atoms with Gasteiger partial charge in [-0.15, -0.1) is 0 Å². The molecule has 2 N–H and O–H groups in total. The first kappa shape index (κ1) is 20.6. The van der Waals surface area contributed by atoms with Crippen molar-refractivity contribution in [2.75, 3.05) is 26.1 Å². The van der Waals surface area contributed by atoms with Gasteiger partial charge in [-0.05, 0) is 50.6 Å². The van der Waals surface area contributed by atoms with Crippen molar-refractivity contribution < 1.29 is 19.0 Å². The summed E-state index contributed by atoms with van der Waals surface area (Å²) in [7, 11) is 3.14. The van der Waals surface area contributed by atoms with Crippen LogP contribution in [0.15, 0.2) is 42.5 Å². The predicted molar refractivity (Wildman–Crippen MR) is 107 cm³/mol. The number of hydrogen-bond donors (Lipinski definition) is 2. The first-order valence-electron chi connectivity index (χ1n) is 9.00. The van der Waals surface area contributed by atoms with Gasteiger partial charge in [-0.25, -0.2) is 0 Å². The minimum Gasteiger partial charge on any atom is -0.497 e. The fraction of sp³-hybridized carbons (Fsp3) is 0.381. The Hall–Kier alpha value is -2.73. The van der Waals surface area contributed by atoms with E-state index in [9.17, 15) is 4.79 Å². The predicted octanol–water partition coefficient (Wildman–Crippen LogP) is 3.78. The minimum atomic E-state index is -0.411. The molecule has 0 spiro atoms. The van der Waals surface area contributed by atoms with Gasteiger partial charge in [0, 0.05) is 12.1 Å². The van der Waals surface area contributed by atoms with Crippen LogP contribution < -0.4 is 24.8 Å². The van der Waals surface area contributed by atoms with Gasteiger partial charge in [0.15, 0.2) is 0 Å². The summed E-state index contributed by atoms with van der Waals surface area (Å²) in [5.41, 5.74) is 1.63. The Balaban J connectivity index is 2.04. The van der Waals surface area contributed by atoms with Crippen LogP contribution in [0.25, 0.3) is 0 Å². The van der Waals surface area contributed by atoms with E-state index >= 15 is 0 Å². The molecule has 6 heteroatoms. The van der Waals surface area contributed by atoms with Crippen molar-refractivity contribution in [3.05, 3.63) is 48.0 Å². The van der Waals surface area contributed by atoms with Gasteiger partial charge in [0.05, 0.1) is 32.6 Å². The lowest BCUT2D eigenvalue weighted by atomic mass is 10.1. The second-order valence-electron chi connectivity index (χ2n) is 6.17. The second-order valence-corrected chi connectivity index (χ2v) is 6.17. The van der Waals surface area contributed by atoms with Crippen LogP contribution >= 0.6 is 0 Å². The van der Waals surface area contributed by atoms with Gasteiger partial charge >= 0.3 is 0 Å². The van der Waals surface area contributed by atoms with Crippen molar-refractivity contribution in [1.82, 2.24) is 5.32 Å². The van der Waals surface area contributed by atoms with Gasteiger partial charge in [-0.2, -0.15) is 0 Å². The normalized spacial score (nSPS) is 12.8. The molecule has 0 aliphatic rings. The second kappa shape index (κ2) is 9.83. The highest BCUT2D eigenvalue weighted by molar-refractivity contribution is 5.96. The van der Waals surface area contributed by atoms with E-state index in [0.29, 0.717) is 23.8 Å². The highest BCUT2D eigenvalue weighted by atomic mass is 16.5. The molecule has 0 aromatic heterocycles. The van der Waals surface area contributed by atoms with Crippen LogP contribution in [0.2, 0.25) is 0 Å². The molecule has 2 aromatic rings. The van der Waals surface area contributed by atoms with Crippen molar-refractivity contribution in [3.63, 3.8) is 0 Å². The van der Waals surface area contributed by atoms with Crippen LogP contribution in [0.3, 0.4) is 0 Å². The topological polar surface area (TPSA) is 68.8 Å². The van der Waals surface area contributed by atoms with Crippen LogP contribution in [0.1, 0.15) is 32.4 Å². The number of hydrogen-bond acceptors (Lipinski definition) is 5. The molecule has 6 nitrogen and oxygen atoms in total. The molecule has 0 heterocycles. The fourth-order valence-corrected chi connectivity index (χ4v) is 2.74. The average Bonchev–Trinajstić information content (AvgIpc) is 2.68. The molecule has 0 fully saturated rings. The third-order valence-electron chi connectivity index (χ3n) is 4.23. The Labute approximate surface area is 160 Å². The number of ether oxygens (including phenoxy) is 3. The Morgan fingerprint density at radius 1 is 1.04 bits per heavy atom. The van der Waals surface area contributed by atoms with E-state index in [1.54, 1.807) is 32.4 Å². The highest BCUT2D eigenvalue weighted by Crippen LogP contribution is 2.29. The van der Waals surface area contributed by atoms with E-state index in [4.69, 9.17) is 14.2 Å². The monoisotopic (exact) mass is 372 g/mol. The lowest BCUT2D eigenvalue weighted by Crippen LogP contribution is -2.39. The number of carbonyl (C=O) groups excluding carboxylic acids is 1. The molecule has 0 aliphatic carbocycles. The van der Waals surface area contributed by atoms with Gasteiger partial charge in [0.25, 0.3) is 0 Å². The molecule has 2 aromatic carbocycles. The SMILES string of the molecule is CCOc1cccc(C(C)NC(C)C(=O)Nc2cc(OC)ccc2OC)c1. The van der Waals surface area contributed by atoms with Gasteiger partial charge < -0.3 is 19.5 Å². The Morgan fingerprint density at radius 2 is 1.81 bits per heavy atom. The highest BCUT2D eigenvalue weighted by Gasteiger charge is 2.18. The van der Waals surface area contributed by atoms with Gasteiger partial charge in [-0.3, -0.25) is 10.1 Å². The van der Waals surface area contributed by atoms with E-state index < -0.39 is 6.04 Å². The number of methoxy groups -OCH3 is 2. The van der Waals surface area contributed by atoms with E-state index in [-0.39, 0.29) is 11.9 Å². The van der Waals surface area contributed by atoms with E-state index in [1.807, 2.05) is 45.0 Å². The maximum atomic E-state index is 12.6. The van der Waals surface area contributed by atoms with Gasteiger partial charge in [-0.1, -0.05) is 12.1 Å². The molecule has 1 amide bonds. The molecule has 0 radical (unpaired) electrons. The Morgan fingerprint density at radius 3 is 2.48 bits per heavy atom. The summed E-state index contributed by atoms with van der Waals surface area (Å²) in [6.45, 7) is 6.41. The van der Waals surface area contributed by atoms with Gasteiger partial charge in [0.2, 0.25) is 5.91 Å². The lowest BCUT2D eigenvalue weighted by Gasteiger charge is -2.21. The number of benzene rings is 2.